The van der Waals surface area contributed by atoms with E-state index in [1.54, 1.807) is 24.5 Å². The van der Waals surface area contributed by atoms with Gasteiger partial charge in [-0.2, -0.15) is 17.6 Å². The second-order valence-corrected chi connectivity index (χ2v) is 7.75. The van der Waals surface area contributed by atoms with Crippen LogP contribution in [0.1, 0.15) is 6.92 Å². The number of likely N-dealkylation sites (N-methyl/N-ethyl adjacent to an activating group) is 1. The molecule has 1 unspecified atom stereocenters. The molecule has 0 saturated carbocycles. The van der Waals surface area contributed by atoms with Gasteiger partial charge in [0.15, 0.2) is 0 Å². The van der Waals surface area contributed by atoms with Crippen LogP contribution >= 0.6 is 0 Å². The van der Waals surface area contributed by atoms with Crippen LogP contribution in [-0.4, -0.2) is 59.8 Å². The van der Waals surface area contributed by atoms with E-state index in [-0.39, 0.29) is 12.1 Å². The van der Waals surface area contributed by atoms with Gasteiger partial charge in [0.1, 0.15) is 11.6 Å². The van der Waals surface area contributed by atoms with Crippen LogP contribution in [0.2, 0.25) is 0 Å². The largest absolute Gasteiger partial charge is 0.461 e. The summed E-state index contributed by atoms with van der Waals surface area (Å²) in [5.74, 6) is 0.578. The molecule has 3 aromatic rings. The highest BCUT2D eigenvalue weighted by Gasteiger charge is 2.44. The molecular formula is C23H25F4N7O. The number of hydrogen-bond donors (Lipinski definition) is 3. The lowest BCUT2D eigenvalue weighted by molar-refractivity contribution is -0.253. The van der Waals surface area contributed by atoms with Gasteiger partial charge in [-0.05, 0) is 37.3 Å². The quantitative estimate of drug-likeness (QED) is 0.389. The van der Waals surface area contributed by atoms with Crippen molar-refractivity contribution in [1.82, 2.24) is 25.6 Å². The molecule has 12 heteroatoms. The number of ether oxygens (including phenoxy) is 1. The number of alkyl halides is 4. The topological polar surface area (TPSA) is 87.2 Å². The molecule has 0 radical (unpaired) electrons. The zero-order chi connectivity index (χ0) is 24.8. The third-order valence-electron chi connectivity index (χ3n) is 5.33. The van der Waals surface area contributed by atoms with E-state index < -0.39 is 18.3 Å². The van der Waals surface area contributed by atoms with Crippen molar-refractivity contribution in [1.29, 1.82) is 0 Å². The van der Waals surface area contributed by atoms with E-state index in [9.17, 15) is 17.6 Å². The maximum absolute atomic E-state index is 13.2. The predicted molar refractivity (Wildman–Crippen MR) is 124 cm³/mol. The van der Waals surface area contributed by atoms with Gasteiger partial charge in [-0.15, -0.1) is 0 Å². The Bertz CT molecular complexity index is 1130. The summed E-state index contributed by atoms with van der Waals surface area (Å²) in [6.07, 6.45) is -5.16. The molecule has 186 valence electrons. The minimum absolute atomic E-state index is 0.117. The Kier molecular flexibility index (Phi) is 7.61. The smallest absolute Gasteiger partial charge is 0.428 e. The van der Waals surface area contributed by atoms with Crippen LogP contribution in [0.15, 0.2) is 54.9 Å². The monoisotopic (exact) mass is 491 g/mol. The van der Waals surface area contributed by atoms with Gasteiger partial charge < -0.3 is 20.3 Å². The first kappa shape index (κ1) is 24.6. The first-order valence-corrected chi connectivity index (χ1v) is 11.1. The van der Waals surface area contributed by atoms with Gasteiger partial charge in [0, 0.05) is 55.9 Å². The Balaban J connectivity index is 1.52. The summed E-state index contributed by atoms with van der Waals surface area (Å²) in [5, 5.41) is 9.74. The van der Waals surface area contributed by atoms with Crippen molar-refractivity contribution in [2.45, 2.75) is 25.6 Å². The van der Waals surface area contributed by atoms with Crippen molar-refractivity contribution in [2.75, 3.05) is 36.4 Å². The normalized spacial score (nSPS) is 16.2. The fraction of sp³-hybridized carbons (Fsp3) is 0.348. The van der Waals surface area contributed by atoms with Crippen LogP contribution in [0.25, 0.3) is 11.3 Å². The fourth-order valence-corrected chi connectivity index (χ4v) is 3.68. The minimum Gasteiger partial charge on any atom is -0.428 e. The third kappa shape index (κ3) is 6.14. The molecule has 0 amide bonds. The number of rotatable bonds is 9. The Morgan fingerprint density at radius 3 is 2.71 bits per heavy atom. The maximum Gasteiger partial charge on any atom is 0.461 e. The molecule has 1 aliphatic heterocycles. The summed E-state index contributed by atoms with van der Waals surface area (Å²) in [5.41, 5.74) is 1.73. The molecule has 0 spiro atoms. The lowest BCUT2D eigenvalue weighted by atomic mass is 10.2. The molecule has 8 nitrogen and oxygen atoms in total. The number of pyridine rings is 1. The molecule has 2 aromatic heterocycles. The average molecular weight is 491 g/mol. The Morgan fingerprint density at radius 2 is 1.97 bits per heavy atom. The molecule has 1 aromatic carbocycles. The third-order valence-corrected chi connectivity index (χ3v) is 5.33. The van der Waals surface area contributed by atoms with E-state index in [2.05, 4.69) is 47.5 Å². The van der Waals surface area contributed by atoms with E-state index >= 15 is 0 Å². The SMILES string of the molecule is CCN(c1cc(-c2ccnc(Nc3cccc(OC(F)(F)C(F)F)c3)n2)ccn1)C1CNCCN1. The summed E-state index contributed by atoms with van der Waals surface area (Å²) < 4.78 is 55.5. The molecular weight excluding hydrogens is 466 g/mol. The highest BCUT2D eigenvalue weighted by Crippen LogP contribution is 2.30. The van der Waals surface area contributed by atoms with Crippen molar-refractivity contribution >= 4 is 17.5 Å². The highest BCUT2D eigenvalue weighted by atomic mass is 19.3. The van der Waals surface area contributed by atoms with Gasteiger partial charge in [0.05, 0.1) is 11.9 Å². The van der Waals surface area contributed by atoms with E-state index in [4.69, 9.17) is 0 Å². The van der Waals surface area contributed by atoms with Crippen molar-refractivity contribution < 1.29 is 22.3 Å². The summed E-state index contributed by atoms with van der Waals surface area (Å²) in [4.78, 5) is 15.4. The van der Waals surface area contributed by atoms with Gasteiger partial charge in [0.2, 0.25) is 5.95 Å². The van der Waals surface area contributed by atoms with Gasteiger partial charge in [-0.3, -0.25) is 5.32 Å². The summed E-state index contributed by atoms with van der Waals surface area (Å²) >= 11 is 0. The number of hydrogen-bond acceptors (Lipinski definition) is 8. The summed E-state index contributed by atoms with van der Waals surface area (Å²) in [6, 6.07) is 10.8. The molecule has 4 rings (SSSR count). The van der Waals surface area contributed by atoms with Crippen LogP contribution in [0.3, 0.4) is 0 Å². The van der Waals surface area contributed by atoms with Crippen LogP contribution in [0.4, 0.5) is 35.0 Å². The predicted octanol–water partition coefficient (Wildman–Crippen LogP) is 3.86. The summed E-state index contributed by atoms with van der Waals surface area (Å²) in [6.45, 7) is 5.41. The zero-order valence-electron chi connectivity index (χ0n) is 18.9. The highest BCUT2D eigenvalue weighted by molar-refractivity contribution is 5.65. The Morgan fingerprint density at radius 1 is 1.14 bits per heavy atom. The number of nitrogens with one attached hydrogen (secondary N) is 3. The van der Waals surface area contributed by atoms with E-state index in [0.29, 0.717) is 11.4 Å². The Hall–Kier alpha value is -3.51. The lowest BCUT2D eigenvalue weighted by Gasteiger charge is -2.35. The molecule has 1 saturated heterocycles. The van der Waals surface area contributed by atoms with Crippen molar-refractivity contribution in [2.24, 2.45) is 0 Å². The first-order valence-electron chi connectivity index (χ1n) is 11.1. The zero-order valence-corrected chi connectivity index (χ0v) is 18.9. The van der Waals surface area contributed by atoms with Gasteiger partial charge in [-0.25, -0.2) is 15.0 Å². The number of halogens is 4. The molecule has 35 heavy (non-hydrogen) atoms. The first-order chi connectivity index (χ1) is 16.9. The average Bonchev–Trinajstić information content (AvgIpc) is 2.85. The van der Waals surface area contributed by atoms with Crippen LogP contribution in [0.5, 0.6) is 5.75 Å². The molecule has 1 aliphatic rings. The van der Waals surface area contributed by atoms with Crippen molar-refractivity contribution in [3.05, 3.63) is 54.9 Å². The number of benzene rings is 1. The molecule has 1 atom stereocenters. The number of nitrogens with zero attached hydrogens (tertiary/aromatic N) is 4. The number of anilines is 3. The van der Waals surface area contributed by atoms with Crippen LogP contribution in [0, 0.1) is 0 Å². The fourth-order valence-electron chi connectivity index (χ4n) is 3.68. The van der Waals surface area contributed by atoms with Crippen LogP contribution < -0.4 is 25.6 Å². The molecule has 0 aliphatic carbocycles. The van der Waals surface area contributed by atoms with Crippen molar-refractivity contribution in [3.8, 4) is 17.0 Å². The standard InChI is InChI=1S/C23H25F4N7O/c1-2-34(20-14-28-10-11-30-20)19-12-15(6-8-29-19)18-7-9-31-22(33-18)32-16-4-3-5-17(13-16)35-23(26,27)21(24)25/h3-9,12-13,20-21,28,30H,2,10-11,14H2,1H3,(H,31,32,33). The van der Waals surface area contributed by atoms with Gasteiger partial charge in [0.25, 0.3) is 0 Å². The summed E-state index contributed by atoms with van der Waals surface area (Å²) in [7, 11) is 0. The van der Waals surface area contributed by atoms with Crippen LogP contribution in [-0.2, 0) is 0 Å². The number of aromatic nitrogens is 3. The molecule has 3 N–H and O–H groups in total. The number of piperazine rings is 1. The van der Waals surface area contributed by atoms with Gasteiger partial charge >= 0.3 is 12.5 Å². The van der Waals surface area contributed by atoms with E-state index in [1.807, 2.05) is 12.1 Å². The second kappa shape index (κ2) is 10.8. The van der Waals surface area contributed by atoms with Gasteiger partial charge in [-0.1, -0.05) is 6.07 Å². The maximum atomic E-state index is 13.2. The van der Waals surface area contributed by atoms with E-state index in [0.717, 1.165) is 43.6 Å². The lowest BCUT2D eigenvalue weighted by Crippen LogP contribution is -2.57. The minimum atomic E-state index is -4.59. The van der Waals surface area contributed by atoms with Crippen molar-refractivity contribution in [3.63, 3.8) is 0 Å². The molecule has 1 fully saturated rings. The van der Waals surface area contributed by atoms with E-state index in [1.165, 1.54) is 12.1 Å². The molecule has 0 bridgehead atoms. The molecule has 3 heterocycles. The second-order valence-electron chi connectivity index (χ2n) is 7.75. The Labute approximate surface area is 199 Å².